The lowest BCUT2D eigenvalue weighted by Gasteiger charge is -2.36. The number of benzene rings is 1. The second-order valence-corrected chi connectivity index (χ2v) is 7.82. The predicted octanol–water partition coefficient (Wildman–Crippen LogP) is 3.81. The number of allylic oxidation sites excluding steroid dienone is 3. The van der Waals surface area contributed by atoms with Crippen molar-refractivity contribution in [3.63, 3.8) is 0 Å². The lowest BCUT2D eigenvalue weighted by molar-refractivity contribution is 0.634. The highest BCUT2D eigenvalue weighted by Gasteiger charge is 2.34. The van der Waals surface area contributed by atoms with Gasteiger partial charge in [-0.05, 0) is 36.0 Å². The summed E-state index contributed by atoms with van der Waals surface area (Å²) in [6.45, 7) is 4.10. The van der Waals surface area contributed by atoms with Gasteiger partial charge in [0, 0.05) is 11.9 Å². The van der Waals surface area contributed by atoms with Crippen molar-refractivity contribution in [2.45, 2.75) is 18.5 Å². The van der Waals surface area contributed by atoms with Gasteiger partial charge < -0.3 is 5.73 Å². The number of aryl methyl sites for hydroxylation is 1. The second kappa shape index (κ2) is 4.99. The predicted molar refractivity (Wildman–Crippen MR) is 80.1 cm³/mol. The van der Waals surface area contributed by atoms with Gasteiger partial charge in [-0.25, -0.2) is 0 Å². The van der Waals surface area contributed by atoms with E-state index in [1.54, 1.807) is 11.1 Å². The molecule has 1 aliphatic heterocycles. The number of rotatable bonds is 2. The summed E-state index contributed by atoms with van der Waals surface area (Å²) >= 11 is 0. The van der Waals surface area contributed by atoms with Gasteiger partial charge in [0.2, 0.25) is 0 Å². The Labute approximate surface area is 111 Å². The Bertz CT molecular complexity index is 492. The highest BCUT2D eigenvalue weighted by molar-refractivity contribution is 7.58. The van der Waals surface area contributed by atoms with Gasteiger partial charge in [-0.1, -0.05) is 56.5 Å². The second-order valence-electron chi connectivity index (χ2n) is 5.27. The zero-order valence-electron chi connectivity index (χ0n) is 10.7. The van der Waals surface area contributed by atoms with Crippen LogP contribution < -0.4 is 5.73 Å². The molecule has 0 spiro atoms. The Hall–Kier alpha value is -0.910. The largest absolute Gasteiger partial charge is 0.327 e. The van der Waals surface area contributed by atoms with Gasteiger partial charge in [-0.3, -0.25) is 0 Å². The topological polar surface area (TPSA) is 26.0 Å². The monoisotopic (exact) mass is 257 g/mol. The molecule has 1 nitrogen and oxygen atoms in total. The lowest BCUT2D eigenvalue weighted by atomic mass is 9.92. The number of nitrogens with two attached hydrogens (primary N) is 1. The Morgan fingerprint density at radius 1 is 1.33 bits per heavy atom. The van der Waals surface area contributed by atoms with E-state index in [1.807, 2.05) is 0 Å². The molecule has 2 heteroatoms. The van der Waals surface area contributed by atoms with Crippen molar-refractivity contribution >= 4 is 7.92 Å². The molecule has 2 N–H and O–H groups in total. The minimum absolute atomic E-state index is 0.0642. The summed E-state index contributed by atoms with van der Waals surface area (Å²) < 4.78 is 0. The Balaban J connectivity index is 1.98. The molecule has 1 aromatic carbocycles. The van der Waals surface area contributed by atoms with Crippen molar-refractivity contribution < 1.29 is 0 Å². The molecule has 0 saturated heterocycles. The molecule has 0 fully saturated rings. The third kappa shape index (κ3) is 2.06. The van der Waals surface area contributed by atoms with Crippen molar-refractivity contribution in [1.29, 1.82) is 0 Å². The van der Waals surface area contributed by atoms with Crippen molar-refractivity contribution in [2.75, 3.05) is 12.4 Å². The summed E-state index contributed by atoms with van der Waals surface area (Å²) in [6.07, 6.45) is 9.06. The van der Waals surface area contributed by atoms with Crippen LogP contribution in [0.1, 0.15) is 23.2 Å². The van der Waals surface area contributed by atoms with Crippen LogP contribution >= 0.6 is 7.92 Å². The summed E-state index contributed by atoms with van der Waals surface area (Å²) in [5, 5.41) is 0. The van der Waals surface area contributed by atoms with Gasteiger partial charge in [0.15, 0.2) is 0 Å². The number of hydrogen-bond donors (Lipinski definition) is 1. The van der Waals surface area contributed by atoms with Gasteiger partial charge in [0.25, 0.3) is 0 Å². The Morgan fingerprint density at radius 2 is 2.17 bits per heavy atom. The van der Waals surface area contributed by atoms with E-state index in [0.29, 0.717) is 11.6 Å². The molecule has 3 unspecified atom stereocenters. The van der Waals surface area contributed by atoms with Gasteiger partial charge >= 0.3 is 0 Å². The van der Waals surface area contributed by atoms with E-state index in [1.165, 1.54) is 18.2 Å². The maximum atomic E-state index is 6.04. The average molecular weight is 257 g/mol. The molecule has 2 aliphatic rings. The molecule has 0 amide bonds. The van der Waals surface area contributed by atoms with Crippen LogP contribution in [0.15, 0.2) is 48.6 Å². The first-order valence-corrected chi connectivity index (χ1v) is 8.45. The third-order valence-electron chi connectivity index (χ3n) is 4.15. The first kappa shape index (κ1) is 12.1. The van der Waals surface area contributed by atoms with E-state index in [4.69, 9.17) is 5.73 Å². The van der Waals surface area contributed by atoms with E-state index in [0.717, 1.165) is 12.7 Å². The third-order valence-corrected chi connectivity index (χ3v) is 6.87. The van der Waals surface area contributed by atoms with E-state index >= 15 is 0 Å². The standard InChI is InChI=1S/C16H20NP/c1-12-6-7-14(10-12)16-15-5-3-2-4-13(15)8-9-18(16)11-17/h2-7,14,16H,1,8-11,17H2. The van der Waals surface area contributed by atoms with E-state index in [9.17, 15) is 0 Å². The zero-order valence-corrected chi connectivity index (χ0v) is 11.6. The SMILES string of the molecule is C=C1C=CC(C2c3ccccc3CCP2CN)C1. The molecule has 1 aromatic rings. The first-order chi connectivity index (χ1) is 8.79. The van der Waals surface area contributed by atoms with E-state index in [2.05, 4.69) is 43.0 Å². The summed E-state index contributed by atoms with van der Waals surface area (Å²) in [6, 6.07) is 8.95. The molecular formula is C16H20NP. The normalized spacial score (nSPS) is 30.5. The molecule has 18 heavy (non-hydrogen) atoms. The smallest absolute Gasteiger partial charge is 0.0133 e. The number of fused-ring (bicyclic) bond motifs is 1. The fraction of sp³-hybridized carbons (Fsp3) is 0.375. The quantitative estimate of drug-likeness (QED) is 0.801. The van der Waals surface area contributed by atoms with Crippen LogP contribution in [0.4, 0.5) is 0 Å². The summed E-state index contributed by atoms with van der Waals surface area (Å²) in [5.74, 6) is 0.633. The first-order valence-electron chi connectivity index (χ1n) is 6.67. The molecule has 94 valence electrons. The molecule has 3 atom stereocenters. The van der Waals surface area contributed by atoms with Crippen LogP contribution in [0.5, 0.6) is 0 Å². The molecule has 0 bridgehead atoms. The van der Waals surface area contributed by atoms with Crippen molar-refractivity contribution in [1.82, 2.24) is 0 Å². The van der Waals surface area contributed by atoms with Crippen molar-refractivity contribution in [3.05, 3.63) is 59.7 Å². The number of hydrogen-bond acceptors (Lipinski definition) is 1. The van der Waals surface area contributed by atoms with Crippen molar-refractivity contribution in [2.24, 2.45) is 11.7 Å². The fourth-order valence-electron chi connectivity index (χ4n) is 3.27. The molecule has 0 radical (unpaired) electrons. The summed E-state index contributed by atoms with van der Waals surface area (Å²) in [7, 11) is -0.0642. The maximum Gasteiger partial charge on any atom is 0.0133 e. The van der Waals surface area contributed by atoms with Gasteiger partial charge in [0.1, 0.15) is 0 Å². The van der Waals surface area contributed by atoms with Crippen LogP contribution in [0.2, 0.25) is 0 Å². The molecule has 0 saturated carbocycles. The van der Waals surface area contributed by atoms with E-state index < -0.39 is 0 Å². The molecule has 3 rings (SSSR count). The minimum atomic E-state index is -0.0642. The fourth-order valence-corrected chi connectivity index (χ4v) is 5.88. The summed E-state index contributed by atoms with van der Waals surface area (Å²) in [4.78, 5) is 0. The maximum absolute atomic E-state index is 6.04. The zero-order chi connectivity index (χ0) is 12.5. The van der Waals surface area contributed by atoms with Crippen LogP contribution in [0.25, 0.3) is 0 Å². The van der Waals surface area contributed by atoms with Crippen LogP contribution in [-0.2, 0) is 6.42 Å². The van der Waals surface area contributed by atoms with Gasteiger partial charge in [-0.2, -0.15) is 0 Å². The van der Waals surface area contributed by atoms with Crippen molar-refractivity contribution in [3.8, 4) is 0 Å². The minimum Gasteiger partial charge on any atom is -0.327 e. The molecule has 0 aromatic heterocycles. The Morgan fingerprint density at radius 3 is 2.89 bits per heavy atom. The average Bonchev–Trinajstić information content (AvgIpc) is 2.83. The van der Waals surface area contributed by atoms with Crippen LogP contribution in [0, 0.1) is 5.92 Å². The van der Waals surface area contributed by atoms with Gasteiger partial charge in [-0.15, -0.1) is 0 Å². The highest BCUT2D eigenvalue weighted by Crippen LogP contribution is 2.59. The lowest BCUT2D eigenvalue weighted by Crippen LogP contribution is -2.20. The summed E-state index contributed by atoms with van der Waals surface area (Å²) in [5.41, 5.74) is 11.1. The van der Waals surface area contributed by atoms with Crippen LogP contribution in [-0.4, -0.2) is 12.4 Å². The molecular weight excluding hydrogens is 237 g/mol. The van der Waals surface area contributed by atoms with Crippen LogP contribution in [0.3, 0.4) is 0 Å². The molecule has 1 aliphatic carbocycles. The Kier molecular flexibility index (Phi) is 3.37. The molecule has 1 heterocycles. The van der Waals surface area contributed by atoms with E-state index in [-0.39, 0.29) is 7.92 Å². The highest BCUT2D eigenvalue weighted by atomic mass is 31.1. The van der Waals surface area contributed by atoms with Gasteiger partial charge in [0.05, 0.1) is 0 Å².